The first-order chi connectivity index (χ1) is 8.11. The average molecular weight is 315 g/mol. The lowest BCUT2D eigenvalue weighted by Crippen LogP contribution is -1.97. The summed E-state index contributed by atoms with van der Waals surface area (Å²) < 4.78 is 1.76. The van der Waals surface area contributed by atoms with E-state index in [0.29, 0.717) is 5.02 Å². The smallest absolute Gasteiger partial charge is 0.0967 e. The van der Waals surface area contributed by atoms with Crippen molar-refractivity contribution in [1.82, 2.24) is 15.0 Å². The van der Waals surface area contributed by atoms with Crippen LogP contribution in [0.3, 0.4) is 0 Å². The highest BCUT2D eigenvalue weighted by atomic mass is 79.9. The molecule has 1 atom stereocenters. The molecule has 1 heterocycles. The fourth-order valence-corrected chi connectivity index (χ4v) is 1.95. The zero-order chi connectivity index (χ0) is 12.4. The zero-order valence-electron chi connectivity index (χ0n) is 9.69. The third kappa shape index (κ3) is 2.69. The lowest BCUT2D eigenvalue weighted by molar-refractivity contribution is 0.787. The van der Waals surface area contributed by atoms with E-state index < -0.39 is 0 Å². The van der Waals surface area contributed by atoms with Gasteiger partial charge in [-0.15, -0.1) is 5.10 Å². The molecule has 2 aromatic rings. The Bertz CT molecular complexity index is 524. The van der Waals surface area contributed by atoms with E-state index in [0.717, 1.165) is 23.4 Å². The third-order valence-electron chi connectivity index (χ3n) is 2.61. The van der Waals surface area contributed by atoms with Crippen LogP contribution < -0.4 is 0 Å². The molecule has 1 aromatic heterocycles. The number of alkyl halides is 1. The van der Waals surface area contributed by atoms with Crippen molar-refractivity contribution in [3.63, 3.8) is 0 Å². The predicted molar refractivity (Wildman–Crippen MR) is 73.1 cm³/mol. The number of hydrogen-bond donors (Lipinski definition) is 0. The summed E-state index contributed by atoms with van der Waals surface area (Å²) in [5.74, 6) is 0. The Morgan fingerprint density at radius 3 is 2.94 bits per heavy atom. The van der Waals surface area contributed by atoms with Gasteiger partial charge in [-0.2, -0.15) is 0 Å². The standard InChI is InChI=1S/C12H13BrClN3/c1-3-10(13)11-7-17(16-15-11)12-6-9(14)5-4-8(12)2/h4-7,10H,3H2,1-2H3. The molecule has 17 heavy (non-hydrogen) atoms. The molecule has 5 heteroatoms. The summed E-state index contributed by atoms with van der Waals surface area (Å²) in [5, 5.41) is 8.99. The van der Waals surface area contributed by atoms with Gasteiger partial charge in [0, 0.05) is 5.02 Å². The van der Waals surface area contributed by atoms with Crippen molar-refractivity contribution in [2.24, 2.45) is 0 Å². The van der Waals surface area contributed by atoms with E-state index in [1.807, 2.05) is 31.3 Å². The monoisotopic (exact) mass is 313 g/mol. The SMILES string of the molecule is CCC(Br)c1cn(-c2cc(Cl)ccc2C)nn1. The Hall–Kier alpha value is -0.870. The molecule has 1 unspecified atom stereocenters. The van der Waals surface area contributed by atoms with Gasteiger partial charge in [0.05, 0.1) is 22.4 Å². The predicted octanol–water partition coefficient (Wildman–Crippen LogP) is 4.08. The molecule has 0 saturated heterocycles. The minimum atomic E-state index is 0.246. The summed E-state index contributed by atoms with van der Waals surface area (Å²) >= 11 is 9.55. The van der Waals surface area contributed by atoms with Gasteiger partial charge in [0.1, 0.15) is 0 Å². The van der Waals surface area contributed by atoms with E-state index in [4.69, 9.17) is 11.6 Å². The minimum Gasteiger partial charge on any atom is -0.220 e. The maximum Gasteiger partial charge on any atom is 0.0967 e. The first kappa shape index (κ1) is 12.6. The minimum absolute atomic E-state index is 0.246. The van der Waals surface area contributed by atoms with E-state index in [-0.39, 0.29) is 4.83 Å². The molecule has 3 nitrogen and oxygen atoms in total. The summed E-state index contributed by atoms with van der Waals surface area (Å²) in [4.78, 5) is 0.246. The van der Waals surface area contributed by atoms with Crippen LogP contribution in [0.1, 0.15) is 29.4 Å². The lowest BCUT2D eigenvalue weighted by atomic mass is 10.2. The van der Waals surface area contributed by atoms with Crippen molar-refractivity contribution in [2.45, 2.75) is 25.1 Å². The van der Waals surface area contributed by atoms with Crippen LogP contribution in [0, 0.1) is 6.92 Å². The van der Waals surface area contributed by atoms with Gasteiger partial charge in [-0.05, 0) is 31.0 Å². The first-order valence-electron chi connectivity index (χ1n) is 5.44. The molecule has 0 spiro atoms. The highest BCUT2D eigenvalue weighted by Crippen LogP contribution is 2.25. The molecule has 90 valence electrons. The van der Waals surface area contributed by atoms with Crippen molar-refractivity contribution in [1.29, 1.82) is 0 Å². The highest BCUT2D eigenvalue weighted by molar-refractivity contribution is 9.09. The fourth-order valence-electron chi connectivity index (χ4n) is 1.58. The second-order valence-corrected chi connectivity index (χ2v) is 5.44. The van der Waals surface area contributed by atoms with Crippen LogP contribution in [0.5, 0.6) is 0 Å². The van der Waals surface area contributed by atoms with E-state index in [1.54, 1.807) is 4.68 Å². The molecular formula is C12H13BrClN3. The van der Waals surface area contributed by atoms with Crippen LogP contribution in [0.15, 0.2) is 24.4 Å². The van der Waals surface area contributed by atoms with Crippen LogP contribution in [-0.2, 0) is 0 Å². The van der Waals surface area contributed by atoms with Crippen LogP contribution >= 0.6 is 27.5 Å². The Morgan fingerprint density at radius 2 is 2.24 bits per heavy atom. The summed E-state index contributed by atoms with van der Waals surface area (Å²) in [6.45, 7) is 4.13. The molecule has 2 rings (SSSR count). The molecule has 0 aliphatic rings. The second-order valence-electron chi connectivity index (χ2n) is 3.89. The van der Waals surface area contributed by atoms with Crippen molar-refractivity contribution < 1.29 is 0 Å². The second kappa shape index (κ2) is 5.19. The molecule has 0 aliphatic heterocycles. The van der Waals surface area contributed by atoms with Gasteiger partial charge in [-0.1, -0.05) is 45.7 Å². The number of benzene rings is 1. The third-order valence-corrected chi connectivity index (χ3v) is 3.96. The molecule has 0 fully saturated rings. The molecular weight excluding hydrogens is 302 g/mol. The Balaban J connectivity index is 2.40. The van der Waals surface area contributed by atoms with Crippen molar-refractivity contribution in [3.8, 4) is 5.69 Å². The molecule has 0 bridgehead atoms. The summed E-state index contributed by atoms with van der Waals surface area (Å²) in [6, 6.07) is 5.74. The van der Waals surface area contributed by atoms with Gasteiger partial charge in [0.2, 0.25) is 0 Å². The first-order valence-corrected chi connectivity index (χ1v) is 6.74. The molecule has 0 amide bonds. The van der Waals surface area contributed by atoms with Gasteiger partial charge >= 0.3 is 0 Å². The number of halogens is 2. The van der Waals surface area contributed by atoms with Gasteiger partial charge in [0.15, 0.2) is 0 Å². The average Bonchev–Trinajstić information content (AvgIpc) is 2.80. The van der Waals surface area contributed by atoms with E-state index in [2.05, 4.69) is 33.2 Å². The summed E-state index contributed by atoms with van der Waals surface area (Å²) in [6.07, 6.45) is 2.91. The zero-order valence-corrected chi connectivity index (χ0v) is 12.0. The van der Waals surface area contributed by atoms with Gasteiger partial charge in [0.25, 0.3) is 0 Å². The van der Waals surface area contributed by atoms with E-state index in [1.165, 1.54) is 0 Å². The number of hydrogen-bond acceptors (Lipinski definition) is 2. The van der Waals surface area contributed by atoms with Crippen LogP contribution in [0.2, 0.25) is 5.02 Å². The lowest BCUT2D eigenvalue weighted by Gasteiger charge is -2.05. The summed E-state index contributed by atoms with van der Waals surface area (Å²) in [5.41, 5.74) is 3.02. The largest absolute Gasteiger partial charge is 0.220 e. The number of aromatic nitrogens is 3. The summed E-state index contributed by atoms with van der Waals surface area (Å²) in [7, 11) is 0. The topological polar surface area (TPSA) is 30.7 Å². The van der Waals surface area contributed by atoms with Gasteiger partial charge in [-0.3, -0.25) is 0 Å². The molecule has 1 aromatic carbocycles. The number of aryl methyl sites for hydroxylation is 1. The van der Waals surface area contributed by atoms with Crippen LogP contribution in [-0.4, -0.2) is 15.0 Å². The van der Waals surface area contributed by atoms with Crippen molar-refractivity contribution >= 4 is 27.5 Å². The maximum absolute atomic E-state index is 5.99. The molecule has 0 N–H and O–H groups in total. The van der Waals surface area contributed by atoms with Gasteiger partial charge < -0.3 is 0 Å². The number of rotatable bonds is 3. The maximum atomic E-state index is 5.99. The molecule has 0 saturated carbocycles. The van der Waals surface area contributed by atoms with Crippen LogP contribution in [0.4, 0.5) is 0 Å². The normalized spacial score (nSPS) is 12.7. The quantitative estimate of drug-likeness (QED) is 0.799. The fraction of sp³-hybridized carbons (Fsp3) is 0.333. The number of nitrogens with zero attached hydrogens (tertiary/aromatic N) is 3. The molecule has 0 radical (unpaired) electrons. The van der Waals surface area contributed by atoms with Gasteiger partial charge in [-0.25, -0.2) is 4.68 Å². The molecule has 0 aliphatic carbocycles. The van der Waals surface area contributed by atoms with E-state index in [9.17, 15) is 0 Å². The van der Waals surface area contributed by atoms with E-state index >= 15 is 0 Å². The van der Waals surface area contributed by atoms with Crippen molar-refractivity contribution in [3.05, 3.63) is 40.7 Å². The highest BCUT2D eigenvalue weighted by Gasteiger charge is 2.11. The van der Waals surface area contributed by atoms with Crippen LogP contribution in [0.25, 0.3) is 5.69 Å². The van der Waals surface area contributed by atoms with Crippen molar-refractivity contribution in [2.75, 3.05) is 0 Å². The Labute approximate surface area is 114 Å². The Kier molecular flexibility index (Phi) is 3.84. The Morgan fingerprint density at radius 1 is 1.47 bits per heavy atom.